The van der Waals surface area contributed by atoms with Crippen molar-refractivity contribution in [3.05, 3.63) is 29.8 Å². The van der Waals surface area contributed by atoms with Crippen molar-refractivity contribution >= 4 is 11.6 Å². The van der Waals surface area contributed by atoms with Gasteiger partial charge in [0, 0.05) is 5.69 Å². The molecule has 4 nitrogen and oxygen atoms in total. The van der Waals surface area contributed by atoms with Crippen LogP contribution in [0.15, 0.2) is 29.3 Å². The molecule has 0 saturated heterocycles. The van der Waals surface area contributed by atoms with Gasteiger partial charge in [-0.05, 0) is 37.0 Å². The van der Waals surface area contributed by atoms with Crippen LogP contribution in [-0.4, -0.2) is 12.0 Å². The second-order valence-corrected chi connectivity index (χ2v) is 4.03. The molecule has 0 aliphatic heterocycles. The molecular formula is C12H18N4. The molecule has 86 valence electrons. The molecule has 1 aliphatic carbocycles. The standard InChI is InChI=1S/C12H18N4/c1-2-9-3-5-10(6-4-9)14-12(16-13)15-11-7-8-11/h3-6,11H,2,7-8,13H2,1H3,(H2,14,15,16). The van der Waals surface area contributed by atoms with Gasteiger partial charge in [0.15, 0.2) is 0 Å². The maximum Gasteiger partial charge on any atom is 0.210 e. The summed E-state index contributed by atoms with van der Waals surface area (Å²) in [6.45, 7) is 2.14. The average Bonchev–Trinajstić information content (AvgIpc) is 3.13. The number of aliphatic imine (C=N–C) groups is 1. The summed E-state index contributed by atoms with van der Waals surface area (Å²) in [4.78, 5) is 4.41. The third-order valence-electron chi connectivity index (χ3n) is 2.62. The van der Waals surface area contributed by atoms with Gasteiger partial charge in [-0.3, -0.25) is 5.43 Å². The smallest absolute Gasteiger partial charge is 0.210 e. The molecule has 1 aromatic rings. The minimum absolute atomic E-state index is 0.452. The summed E-state index contributed by atoms with van der Waals surface area (Å²) in [6.07, 6.45) is 3.39. The number of anilines is 1. The van der Waals surface area contributed by atoms with Gasteiger partial charge < -0.3 is 5.32 Å². The van der Waals surface area contributed by atoms with Crippen LogP contribution in [0.4, 0.5) is 5.69 Å². The van der Waals surface area contributed by atoms with Crippen molar-refractivity contribution in [2.75, 3.05) is 5.32 Å². The van der Waals surface area contributed by atoms with Gasteiger partial charge in [0.05, 0.1) is 6.04 Å². The Hall–Kier alpha value is -1.55. The fourth-order valence-electron chi connectivity index (χ4n) is 1.45. The highest BCUT2D eigenvalue weighted by Crippen LogP contribution is 2.23. The van der Waals surface area contributed by atoms with Gasteiger partial charge in [-0.2, -0.15) is 0 Å². The molecule has 16 heavy (non-hydrogen) atoms. The number of aryl methyl sites for hydroxylation is 1. The zero-order valence-corrected chi connectivity index (χ0v) is 9.53. The third-order valence-corrected chi connectivity index (χ3v) is 2.62. The zero-order valence-electron chi connectivity index (χ0n) is 9.53. The molecule has 0 aromatic heterocycles. The van der Waals surface area contributed by atoms with E-state index in [2.05, 4.69) is 34.8 Å². The number of benzene rings is 1. The van der Waals surface area contributed by atoms with Crippen molar-refractivity contribution in [1.29, 1.82) is 0 Å². The summed E-state index contributed by atoms with van der Waals surface area (Å²) in [7, 11) is 0. The number of nitrogens with two attached hydrogens (primary N) is 1. The highest BCUT2D eigenvalue weighted by atomic mass is 15.3. The van der Waals surface area contributed by atoms with Crippen LogP contribution in [0.1, 0.15) is 25.3 Å². The molecular weight excluding hydrogens is 200 g/mol. The monoisotopic (exact) mass is 218 g/mol. The number of nitrogens with one attached hydrogen (secondary N) is 2. The molecule has 4 heteroatoms. The molecule has 0 radical (unpaired) electrons. The molecule has 1 aromatic carbocycles. The van der Waals surface area contributed by atoms with Crippen LogP contribution in [0.5, 0.6) is 0 Å². The van der Waals surface area contributed by atoms with E-state index < -0.39 is 0 Å². The van der Waals surface area contributed by atoms with Crippen LogP contribution < -0.4 is 16.6 Å². The summed E-state index contributed by atoms with van der Waals surface area (Å²) >= 11 is 0. The van der Waals surface area contributed by atoms with Crippen LogP contribution >= 0.6 is 0 Å². The number of guanidine groups is 1. The predicted molar refractivity (Wildman–Crippen MR) is 67.2 cm³/mol. The van der Waals surface area contributed by atoms with Crippen molar-refractivity contribution in [1.82, 2.24) is 5.43 Å². The van der Waals surface area contributed by atoms with Gasteiger partial charge >= 0.3 is 0 Å². The molecule has 0 atom stereocenters. The molecule has 1 aliphatic rings. The second-order valence-electron chi connectivity index (χ2n) is 4.03. The maximum absolute atomic E-state index is 5.41. The minimum atomic E-state index is 0.452. The molecule has 0 unspecified atom stereocenters. The number of hydrogen-bond acceptors (Lipinski definition) is 2. The van der Waals surface area contributed by atoms with Gasteiger partial charge in [-0.1, -0.05) is 19.1 Å². The second kappa shape index (κ2) is 4.99. The molecule has 1 saturated carbocycles. The van der Waals surface area contributed by atoms with Crippen LogP contribution in [0.3, 0.4) is 0 Å². The fourth-order valence-corrected chi connectivity index (χ4v) is 1.45. The molecule has 2 rings (SSSR count). The number of rotatable bonds is 3. The van der Waals surface area contributed by atoms with Gasteiger partial charge in [-0.15, -0.1) is 0 Å². The van der Waals surface area contributed by atoms with Crippen LogP contribution in [0, 0.1) is 0 Å². The number of hydrogen-bond donors (Lipinski definition) is 3. The van der Waals surface area contributed by atoms with E-state index in [1.54, 1.807) is 0 Å². The van der Waals surface area contributed by atoms with Gasteiger partial charge in [0.1, 0.15) is 0 Å². The molecule has 0 spiro atoms. The Morgan fingerprint density at radius 2 is 2.06 bits per heavy atom. The molecule has 0 amide bonds. The summed E-state index contributed by atoms with van der Waals surface area (Å²) in [5, 5.41) is 3.17. The number of hydrazine groups is 1. The van der Waals surface area contributed by atoms with Crippen LogP contribution in [-0.2, 0) is 6.42 Å². The Balaban J connectivity index is 2.00. The first kappa shape index (κ1) is 11.0. The Bertz CT molecular complexity index is 365. The highest BCUT2D eigenvalue weighted by molar-refractivity contribution is 5.93. The third kappa shape index (κ3) is 2.97. The summed E-state index contributed by atoms with van der Waals surface area (Å²) < 4.78 is 0. The average molecular weight is 218 g/mol. The van der Waals surface area contributed by atoms with E-state index in [-0.39, 0.29) is 0 Å². The number of nitrogens with zero attached hydrogens (tertiary/aromatic N) is 1. The van der Waals surface area contributed by atoms with Crippen molar-refractivity contribution in [2.45, 2.75) is 32.2 Å². The normalized spacial score (nSPS) is 16.0. The van der Waals surface area contributed by atoms with Gasteiger partial charge in [0.2, 0.25) is 5.96 Å². The largest absolute Gasteiger partial charge is 0.325 e. The predicted octanol–water partition coefficient (Wildman–Crippen LogP) is 1.64. The fraction of sp³-hybridized carbons (Fsp3) is 0.417. The summed E-state index contributed by atoms with van der Waals surface area (Å²) in [5.41, 5.74) is 4.92. The van der Waals surface area contributed by atoms with E-state index >= 15 is 0 Å². The highest BCUT2D eigenvalue weighted by Gasteiger charge is 2.20. The Kier molecular flexibility index (Phi) is 3.41. The Morgan fingerprint density at radius 1 is 1.38 bits per heavy atom. The summed E-state index contributed by atoms with van der Waals surface area (Å²) in [6, 6.07) is 8.74. The lowest BCUT2D eigenvalue weighted by Gasteiger charge is -2.09. The topological polar surface area (TPSA) is 62.4 Å². The lowest BCUT2D eigenvalue weighted by atomic mass is 10.1. The molecule has 0 heterocycles. The van der Waals surface area contributed by atoms with E-state index in [1.807, 2.05) is 12.1 Å². The van der Waals surface area contributed by atoms with Gasteiger partial charge in [-0.25, -0.2) is 10.8 Å². The molecule has 4 N–H and O–H groups in total. The molecule has 0 bridgehead atoms. The Morgan fingerprint density at radius 3 is 2.56 bits per heavy atom. The molecule has 1 fully saturated rings. The van der Waals surface area contributed by atoms with E-state index in [0.29, 0.717) is 12.0 Å². The summed E-state index contributed by atoms with van der Waals surface area (Å²) in [5.74, 6) is 6.05. The van der Waals surface area contributed by atoms with Crippen molar-refractivity contribution in [2.24, 2.45) is 10.8 Å². The van der Waals surface area contributed by atoms with E-state index in [4.69, 9.17) is 5.84 Å². The van der Waals surface area contributed by atoms with Crippen LogP contribution in [0.2, 0.25) is 0 Å². The van der Waals surface area contributed by atoms with E-state index in [0.717, 1.165) is 12.1 Å². The Labute approximate surface area is 95.9 Å². The quantitative estimate of drug-likeness (QED) is 0.313. The van der Waals surface area contributed by atoms with Crippen LogP contribution in [0.25, 0.3) is 0 Å². The van der Waals surface area contributed by atoms with Gasteiger partial charge in [0.25, 0.3) is 0 Å². The van der Waals surface area contributed by atoms with Crippen molar-refractivity contribution in [3.63, 3.8) is 0 Å². The van der Waals surface area contributed by atoms with E-state index in [1.165, 1.54) is 18.4 Å². The maximum atomic E-state index is 5.41. The lowest BCUT2D eigenvalue weighted by molar-refractivity contribution is 0.966. The first-order chi connectivity index (χ1) is 7.81. The SMILES string of the molecule is CCc1ccc(NC(=NC2CC2)NN)cc1. The zero-order chi connectivity index (χ0) is 11.4. The van der Waals surface area contributed by atoms with Crippen molar-refractivity contribution in [3.8, 4) is 0 Å². The lowest BCUT2D eigenvalue weighted by Crippen LogP contribution is -2.36. The first-order valence-corrected chi connectivity index (χ1v) is 5.72. The van der Waals surface area contributed by atoms with E-state index in [9.17, 15) is 0 Å². The first-order valence-electron chi connectivity index (χ1n) is 5.72. The van der Waals surface area contributed by atoms with Crippen molar-refractivity contribution < 1.29 is 0 Å². The minimum Gasteiger partial charge on any atom is -0.325 e.